The zero-order valence-corrected chi connectivity index (χ0v) is 6.98. The number of rotatable bonds is 2. The third-order valence-corrected chi connectivity index (χ3v) is 1.11. The molecule has 0 aliphatic carbocycles. The van der Waals surface area contributed by atoms with Crippen LogP contribution < -0.4 is 4.74 Å². The molecule has 0 aliphatic rings. The molecule has 0 fully saturated rings. The van der Waals surface area contributed by atoms with Gasteiger partial charge in [-0.1, -0.05) is 0 Å². The number of ether oxygens (including phenoxy) is 1. The van der Waals surface area contributed by atoms with E-state index in [-0.39, 0.29) is 6.10 Å². The Kier molecular flexibility index (Phi) is 2.59. The van der Waals surface area contributed by atoms with Crippen molar-refractivity contribution in [3.63, 3.8) is 0 Å². The number of hydrogen-bond acceptors (Lipinski definition) is 4. The van der Waals surface area contributed by atoms with Gasteiger partial charge in [0, 0.05) is 6.07 Å². The first kappa shape index (κ1) is 8.47. The van der Waals surface area contributed by atoms with Crippen molar-refractivity contribution in [1.29, 1.82) is 5.26 Å². The van der Waals surface area contributed by atoms with E-state index in [0.29, 0.717) is 11.6 Å². The SMILES string of the molecule is CC(C)Oc1cc(C#N)ncn1. The molecule has 0 saturated heterocycles. The van der Waals surface area contributed by atoms with Gasteiger partial charge in [0.25, 0.3) is 0 Å². The maximum absolute atomic E-state index is 8.50. The highest BCUT2D eigenvalue weighted by Crippen LogP contribution is 2.07. The van der Waals surface area contributed by atoms with E-state index in [4.69, 9.17) is 10.00 Å². The maximum Gasteiger partial charge on any atom is 0.217 e. The third-order valence-electron chi connectivity index (χ3n) is 1.11. The molecule has 0 saturated carbocycles. The van der Waals surface area contributed by atoms with E-state index in [1.165, 1.54) is 12.4 Å². The fourth-order valence-electron chi connectivity index (χ4n) is 0.707. The molecule has 1 heterocycles. The fourth-order valence-corrected chi connectivity index (χ4v) is 0.707. The van der Waals surface area contributed by atoms with Gasteiger partial charge in [0.15, 0.2) is 0 Å². The maximum atomic E-state index is 8.50. The Bertz CT molecular complexity index is 303. The molecule has 1 rings (SSSR count). The van der Waals surface area contributed by atoms with Gasteiger partial charge in [-0.25, -0.2) is 9.97 Å². The lowest BCUT2D eigenvalue weighted by Gasteiger charge is -2.06. The lowest BCUT2D eigenvalue weighted by atomic mass is 10.4. The first-order valence-electron chi connectivity index (χ1n) is 3.61. The van der Waals surface area contributed by atoms with Crippen molar-refractivity contribution in [2.45, 2.75) is 20.0 Å². The molecule has 62 valence electrons. The minimum Gasteiger partial charge on any atom is -0.475 e. The lowest BCUT2D eigenvalue weighted by molar-refractivity contribution is 0.232. The largest absolute Gasteiger partial charge is 0.475 e. The van der Waals surface area contributed by atoms with Crippen molar-refractivity contribution in [1.82, 2.24) is 9.97 Å². The van der Waals surface area contributed by atoms with Gasteiger partial charge >= 0.3 is 0 Å². The van der Waals surface area contributed by atoms with Crippen molar-refractivity contribution < 1.29 is 4.74 Å². The van der Waals surface area contributed by atoms with Crippen LogP contribution in [0, 0.1) is 11.3 Å². The van der Waals surface area contributed by atoms with E-state index in [1.807, 2.05) is 19.9 Å². The summed E-state index contributed by atoms with van der Waals surface area (Å²) in [4.78, 5) is 7.56. The Balaban J connectivity index is 2.81. The monoisotopic (exact) mass is 163 g/mol. The molecule has 0 bridgehead atoms. The molecule has 1 aromatic rings. The van der Waals surface area contributed by atoms with Crippen LogP contribution in [0.4, 0.5) is 0 Å². The summed E-state index contributed by atoms with van der Waals surface area (Å²) in [7, 11) is 0. The molecule has 0 spiro atoms. The summed E-state index contributed by atoms with van der Waals surface area (Å²) in [5.41, 5.74) is 0.320. The van der Waals surface area contributed by atoms with E-state index in [9.17, 15) is 0 Å². The molecular formula is C8H9N3O. The number of aromatic nitrogens is 2. The van der Waals surface area contributed by atoms with Gasteiger partial charge in [-0.3, -0.25) is 0 Å². The van der Waals surface area contributed by atoms with Gasteiger partial charge in [-0.2, -0.15) is 5.26 Å². The molecule has 1 aromatic heterocycles. The van der Waals surface area contributed by atoms with E-state index >= 15 is 0 Å². The molecule has 4 heteroatoms. The second-order valence-electron chi connectivity index (χ2n) is 2.52. The molecule has 4 nitrogen and oxygen atoms in total. The van der Waals surface area contributed by atoms with E-state index < -0.39 is 0 Å². The molecular weight excluding hydrogens is 154 g/mol. The summed E-state index contributed by atoms with van der Waals surface area (Å²) in [5, 5.41) is 8.50. The Hall–Kier alpha value is -1.63. The second kappa shape index (κ2) is 3.67. The normalized spacial score (nSPS) is 9.50. The van der Waals surface area contributed by atoms with Crippen LogP contribution >= 0.6 is 0 Å². The standard InChI is InChI=1S/C8H9N3O/c1-6(2)12-8-3-7(4-9)10-5-11-8/h3,5-6H,1-2H3. The second-order valence-corrected chi connectivity index (χ2v) is 2.52. The van der Waals surface area contributed by atoms with E-state index in [2.05, 4.69) is 9.97 Å². The Morgan fingerprint density at radius 1 is 1.50 bits per heavy atom. The van der Waals surface area contributed by atoms with Crippen molar-refractivity contribution >= 4 is 0 Å². The molecule has 0 unspecified atom stereocenters. The van der Waals surface area contributed by atoms with Gasteiger partial charge in [0.1, 0.15) is 18.1 Å². The van der Waals surface area contributed by atoms with E-state index in [0.717, 1.165) is 0 Å². The lowest BCUT2D eigenvalue weighted by Crippen LogP contribution is -2.07. The first-order valence-corrected chi connectivity index (χ1v) is 3.61. The van der Waals surface area contributed by atoms with Gasteiger partial charge in [0.2, 0.25) is 5.88 Å². The van der Waals surface area contributed by atoms with Crippen LogP contribution in [-0.4, -0.2) is 16.1 Å². The predicted molar refractivity (Wildman–Crippen MR) is 42.5 cm³/mol. The van der Waals surface area contributed by atoms with Crippen molar-refractivity contribution in [2.75, 3.05) is 0 Å². The molecule has 12 heavy (non-hydrogen) atoms. The van der Waals surface area contributed by atoms with Crippen molar-refractivity contribution in [3.05, 3.63) is 18.1 Å². The molecule has 0 aromatic carbocycles. The summed E-state index contributed by atoms with van der Waals surface area (Å²) in [5.74, 6) is 0.441. The molecule has 0 N–H and O–H groups in total. The van der Waals surface area contributed by atoms with Crippen LogP contribution in [0.25, 0.3) is 0 Å². The highest BCUT2D eigenvalue weighted by molar-refractivity contribution is 5.24. The number of hydrogen-bond donors (Lipinski definition) is 0. The van der Waals surface area contributed by atoms with Crippen LogP contribution in [0.1, 0.15) is 19.5 Å². The topological polar surface area (TPSA) is 58.8 Å². The Morgan fingerprint density at radius 3 is 2.83 bits per heavy atom. The zero-order chi connectivity index (χ0) is 8.97. The smallest absolute Gasteiger partial charge is 0.217 e. The summed E-state index contributed by atoms with van der Waals surface area (Å²) < 4.78 is 5.25. The van der Waals surface area contributed by atoms with Gasteiger partial charge in [-0.05, 0) is 13.8 Å². The molecule has 0 aliphatic heterocycles. The minimum absolute atomic E-state index is 0.0615. The Morgan fingerprint density at radius 2 is 2.25 bits per heavy atom. The Labute approximate surface area is 70.8 Å². The third kappa shape index (κ3) is 2.20. The van der Waals surface area contributed by atoms with Crippen LogP contribution in [0.3, 0.4) is 0 Å². The van der Waals surface area contributed by atoms with Gasteiger partial charge < -0.3 is 4.74 Å². The zero-order valence-electron chi connectivity index (χ0n) is 6.98. The van der Waals surface area contributed by atoms with Crippen LogP contribution in [-0.2, 0) is 0 Å². The fraction of sp³-hybridized carbons (Fsp3) is 0.375. The first-order chi connectivity index (χ1) is 5.72. The molecule has 0 radical (unpaired) electrons. The molecule has 0 atom stereocenters. The minimum atomic E-state index is 0.0615. The van der Waals surface area contributed by atoms with Crippen LogP contribution in [0.2, 0.25) is 0 Å². The van der Waals surface area contributed by atoms with E-state index in [1.54, 1.807) is 0 Å². The summed E-state index contributed by atoms with van der Waals surface area (Å²) >= 11 is 0. The van der Waals surface area contributed by atoms with Crippen molar-refractivity contribution in [2.24, 2.45) is 0 Å². The average molecular weight is 163 g/mol. The summed E-state index contributed by atoms with van der Waals surface area (Å²) in [6.45, 7) is 3.79. The predicted octanol–water partition coefficient (Wildman–Crippen LogP) is 1.14. The van der Waals surface area contributed by atoms with Gasteiger partial charge in [-0.15, -0.1) is 0 Å². The van der Waals surface area contributed by atoms with Crippen molar-refractivity contribution in [3.8, 4) is 11.9 Å². The van der Waals surface area contributed by atoms with Gasteiger partial charge in [0.05, 0.1) is 6.10 Å². The van der Waals surface area contributed by atoms with Crippen LogP contribution in [0.5, 0.6) is 5.88 Å². The quantitative estimate of drug-likeness (QED) is 0.655. The number of nitrogens with zero attached hydrogens (tertiary/aromatic N) is 3. The molecule has 0 amide bonds. The highest BCUT2D eigenvalue weighted by atomic mass is 16.5. The summed E-state index contributed by atoms with van der Waals surface area (Å²) in [6.07, 6.45) is 1.38. The van der Waals surface area contributed by atoms with Crippen LogP contribution in [0.15, 0.2) is 12.4 Å². The highest BCUT2D eigenvalue weighted by Gasteiger charge is 2.00. The number of nitriles is 1. The average Bonchev–Trinajstić information content (AvgIpc) is 2.03. The summed E-state index contributed by atoms with van der Waals surface area (Å²) in [6, 6.07) is 3.42.